The van der Waals surface area contributed by atoms with Gasteiger partial charge in [0, 0.05) is 4.90 Å². The van der Waals surface area contributed by atoms with Crippen LogP contribution in [0.1, 0.15) is 16.7 Å². The van der Waals surface area contributed by atoms with Crippen LogP contribution in [0.15, 0.2) is 53.4 Å². The van der Waals surface area contributed by atoms with Crippen molar-refractivity contribution in [3.8, 4) is 0 Å². The highest BCUT2D eigenvalue weighted by atomic mass is 32.2. The summed E-state index contributed by atoms with van der Waals surface area (Å²) in [5, 5.41) is 10.2. The topological polar surface area (TPSA) is 37.3 Å². The van der Waals surface area contributed by atoms with Crippen LogP contribution < -0.4 is 0 Å². The average molecular weight is 396 g/mol. The van der Waals surface area contributed by atoms with Crippen molar-refractivity contribution in [1.82, 2.24) is 0 Å². The predicted octanol–water partition coefficient (Wildman–Crippen LogP) is 4.57. The first kappa shape index (κ1) is 20.4. The Morgan fingerprint density at radius 3 is 1.96 bits per heavy atom. The molecule has 0 spiro atoms. The molecule has 0 aromatic heterocycles. The fourth-order valence-electron chi connectivity index (χ4n) is 2.24. The minimum atomic E-state index is -5.32. The van der Waals surface area contributed by atoms with Gasteiger partial charge in [-0.1, -0.05) is 29.8 Å². The van der Waals surface area contributed by atoms with E-state index in [1.165, 1.54) is 24.3 Å². The van der Waals surface area contributed by atoms with Crippen LogP contribution in [-0.2, 0) is 22.6 Å². The van der Waals surface area contributed by atoms with Crippen molar-refractivity contribution < 1.29 is 35.7 Å². The smallest absolute Gasteiger partial charge is 0.376 e. The van der Waals surface area contributed by atoms with Crippen LogP contribution in [-0.4, -0.2) is 21.2 Å². The Balaban J connectivity index is 2.46. The van der Waals surface area contributed by atoms with E-state index in [1.807, 2.05) is 0 Å². The number of benzene rings is 2. The summed E-state index contributed by atoms with van der Waals surface area (Å²) in [6, 6.07) is 8.06. The van der Waals surface area contributed by atoms with Crippen molar-refractivity contribution in [2.75, 3.05) is 5.75 Å². The second kappa shape index (κ2) is 7.03. The first-order valence-corrected chi connectivity index (χ1v) is 8.58. The zero-order valence-electron chi connectivity index (χ0n) is 13.4. The molecule has 0 aliphatic heterocycles. The number of alkyl halides is 6. The van der Waals surface area contributed by atoms with Gasteiger partial charge in [-0.15, -0.1) is 0 Å². The van der Waals surface area contributed by atoms with Crippen LogP contribution in [0.5, 0.6) is 0 Å². The number of hydrogen-bond acceptors (Lipinski definition) is 2. The molecule has 0 amide bonds. The molecule has 26 heavy (non-hydrogen) atoms. The van der Waals surface area contributed by atoms with Crippen molar-refractivity contribution in [2.24, 2.45) is 0 Å². The van der Waals surface area contributed by atoms with Crippen molar-refractivity contribution in [2.45, 2.75) is 29.8 Å². The first-order valence-electron chi connectivity index (χ1n) is 7.26. The second-order valence-electron chi connectivity index (χ2n) is 5.74. The Labute approximate surface area is 147 Å². The normalized spacial score (nSPS) is 16.2. The third-order valence-electron chi connectivity index (χ3n) is 3.76. The van der Waals surface area contributed by atoms with E-state index in [9.17, 15) is 35.7 Å². The molecule has 2 rings (SSSR count). The first-order chi connectivity index (χ1) is 11.8. The summed E-state index contributed by atoms with van der Waals surface area (Å²) >= 11 is 0. The average Bonchev–Trinajstić information content (AvgIpc) is 2.53. The highest BCUT2D eigenvalue weighted by Gasteiger charge is 2.56. The monoisotopic (exact) mass is 396 g/mol. The molecule has 0 saturated heterocycles. The van der Waals surface area contributed by atoms with Gasteiger partial charge >= 0.3 is 12.4 Å². The molecule has 1 N–H and O–H groups in total. The minimum absolute atomic E-state index is 0.0326. The van der Waals surface area contributed by atoms with Gasteiger partial charge in [0.15, 0.2) is 5.60 Å². The van der Waals surface area contributed by atoms with E-state index in [-0.39, 0.29) is 11.0 Å². The molecular weight excluding hydrogens is 382 g/mol. The van der Waals surface area contributed by atoms with Gasteiger partial charge < -0.3 is 5.11 Å². The van der Waals surface area contributed by atoms with E-state index in [0.717, 1.165) is 17.7 Å². The van der Waals surface area contributed by atoms with E-state index in [4.69, 9.17) is 0 Å². The molecule has 2 atom stereocenters. The predicted molar refractivity (Wildman–Crippen MR) is 83.9 cm³/mol. The van der Waals surface area contributed by atoms with Gasteiger partial charge in [-0.2, -0.15) is 26.3 Å². The lowest BCUT2D eigenvalue weighted by molar-refractivity contribution is -0.256. The third kappa shape index (κ3) is 4.27. The van der Waals surface area contributed by atoms with Gasteiger partial charge in [-0.05, 0) is 36.8 Å². The molecule has 0 aliphatic carbocycles. The van der Waals surface area contributed by atoms with Crippen LogP contribution in [0.3, 0.4) is 0 Å². The van der Waals surface area contributed by atoms with Gasteiger partial charge in [-0.25, -0.2) is 0 Å². The SMILES string of the molecule is Cc1ccc(S(=O)CC(O)(c2cccc(C(F)(F)F)c2)C(F)(F)F)cc1. The minimum Gasteiger partial charge on any atom is -0.376 e. The summed E-state index contributed by atoms with van der Waals surface area (Å²) < 4.78 is 91.2. The van der Waals surface area contributed by atoms with E-state index < -0.39 is 45.6 Å². The number of aliphatic hydroxyl groups is 1. The lowest BCUT2D eigenvalue weighted by Crippen LogP contribution is -2.46. The van der Waals surface area contributed by atoms with Crippen molar-refractivity contribution in [3.05, 3.63) is 65.2 Å². The summed E-state index contributed by atoms with van der Waals surface area (Å²) in [5.41, 5.74) is -5.25. The van der Waals surface area contributed by atoms with Gasteiger partial charge in [0.25, 0.3) is 0 Å². The maximum absolute atomic E-state index is 13.5. The van der Waals surface area contributed by atoms with Crippen LogP contribution in [0.25, 0.3) is 0 Å². The third-order valence-corrected chi connectivity index (χ3v) is 5.24. The molecular formula is C17H14F6O2S. The van der Waals surface area contributed by atoms with Gasteiger partial charge in [0.1, 0.15) is 0 Å². The van der Waals surface area contributed by atoms with Crippen molar-refractivity contribution in [1.29, 1.82) is 0 Å². The van der Waals surface area contributed by atoms with Gasteiger partial charge in [0.2, 0.25) is 0 Å². The Hall–Kier alpha value is -1.87. The van der Waals surface area contributed by atoms with Crippen LogP contribution in [0.4, 0.5) is 26.3 Å². The highest BCUT2D eigenvalue weighted by Crippen LogP contribution is 2.42. The molecule has 0 saturated carbocycles. The van der Waals surface area contributed by atoms with Crippen LogP contribution in [0, 0.1) is 6.92 Å². The molecule has 0 heterocycles. The fourth-order valence-corrected chi connectivity index (χ4v) is 3.56. The quantitative estimate of drug-likeness (QED) is 0.769. The standard InChI is InChI=1S/C17H14F6O2S/c1-11-5-7-14(8-6-11)26(25)10-15(24,17(21,22)23)12-3-2-4-13(9-12)16(18,19)20/h2-9,24H,10H2,1H3. The summed E-state index contributed by atoms with van der Waals surface area (Å²) in [6.07, 6.45) is -10.2. The van der Waals surface area contributed by atoms with E-state index in [0.29, 0.717) is 6.07 Å². The molecule has 2 aromatic carbocycles. The van der Waals surface area contributed by atoms with Crippen LogP contribution in [0.2, 0.25) is 0 Å². The van der Waals surface area contributed by atoms with Gasteiger partial charge in [-0.3, -0.25) is 4.21 Å². The molecule has 0 radical (unpaired) electrons. The molecule has 142 valence electrons. The molecule has 2 aromatic rings. The summed E-state index contributed by atoms with van der Waals surface area (Å²) in [7, 11) is -2.29. The lowest BCUT2D eigenvalue weighted by atomic mass is 9.93. The van der Waals surface area contributed by atoms with Crippen molar-refractivity contribution in [3.63, 3.8) is 0 Å². The number of hydrogen-bond donors (Lipinski definition) is 1. The van der Waals surface area contributed by atoms with E-state index in [2.05, 4.69) is 0 Å². The molecule has 0 fully saturated rings. The van der Waals surface area contributed by atoms with Crippen LogP contribution >= 0.6 is 0 Å². The largest absolute Gasteiger partial charge is 0.422 e. The summed E-state index contributed by atoms with van der Waals surface area (Å²) in [6.45, 7) is 1.72. The second-order valence-corrected chi connectivity index (χ2v) is 7.19. The Kier molecular flexibility index (Phi) is 5.53. The van der Waals surface area contributed by atoms with E-state index in [1.54, 1.807) is 6.92 Å². The zero-order valence-corrected chi connectivity index (χ0v) is 14.2. The summed E-state index contributed by atoms with van der Waals surface area (Å²) in [4.78, 5) is 0.0326. The number of aryl methyl sites for hydroxylation is 1. The Morgan fingerprint density at radius 1 is 0.923 bits per heavy atom. The Morgan fingerprint density at radius 2 is 1.46 bits per heavy atom. The molecule has 9 heteroatoms. The lowest BCUT2D eigenvalue weighted by Gasteiger charge is -2.31. The summed E-state index contributed by atoms with van der Waals surface area (Å²) in [5.74, 6) is -1.32. The van der Waals surface area contributed by atoms with Crippen molar-refractivity contribution >= 4 is 10.8 Å². The van der Waals surface area contributed by atoms with Gasteiger partial charge in [0.05, 0.1) is 22.1 Å². The highest BCUT2D eigenvalue weighted by molar-refractivity contribution is 7.85. The fraction of sp³-hybridized carbons (Fsp3) is 0.294. The zero-order chi connectivity index (χ0) is 19.8. The molecule has 2 nitrogen and oxygen atoms in total. The molecule has 2 unspecified atom stereocenters. The number of halogens is 6. The van der Waals surface area contributed by atoms with E-state index >= 15 is 0 Å². The molecule has 0 aliphatic rings. The maximum Gasteiger partial charge on any atom is 0.422 e. The Bertz CT molecular complexity index is 798. The maximum atomic E-state index is 13.5. The number of rotatable bonds is 4. The molecule has 0 bridgehead atoms.